The van der Waals surface area contributed by atoms with Crippen LogP contribution in [0.4, 0.5) is 0 Å². The molecule has 0 saturated carbocycles. The summed E-state index contributed by atoms with van der Waals surface area (Å²) >= 11 is 0. The summed E-state index contributed by atoms with van der Waals surface area (Å²) in [7, 11) is 0. The monoisotopic (exact) mass is 170 g/mol. The molecule has 0 unspecified atom stereocenters. The Morgan fingerprint density at radius 3 is 2.33 bits per heavy atom. The van der Waals surface area contributed by atoms with Gasteiger partial charge in [-0.15, -0.1) is 0 Å². The molecule has 68 valence electrons. The molecule has 0 aliphatic carbocycles. The molecule has 0 heterocycles. The van der Waals surface area contributed by atoms with Crippen molar-refractivity contribution in [2.45, 2.75) is 20.8 Å². The van der Waals surface area contributed by atoms with E-state index in [0.29, 0.717) is 6.61 Å². The lowest BCUT2D eigenvalue weighted by atomic mass is 10.1. The maximum Gasteiger partial charge on any atom is 0.330 e. The third-order valence-corrected chi connectivity index (χ3v) is 1.24. The standard InChI is InChI=1S/C9H14O3/c1-4-12-9(11)6-5-8(10)7(2)3/h5-7H,4H2,1-3H3/b6-5-. The van der Waals surface area contributed by atoms with Crippen LogP contribution in [-0.4, -0.2) is 18.4 Å². The van der Waals surface area contributed by atoms with Crippen molar-refractivity contribution in [3.05, 3.63) is 12.2 Å². The molecule has 0 aliphatic heterocycles. The van der Waals surface area contributed by atoms with Crippen molar-refractivity contribution in [3.8, 4) is 0 Å². The van der Waals surface area contributed by atoms with Gasteiger partial charge in [-0.1, -0.05) is 13.8 Å². The van der Waals surface area contributed by atoms with E-state index < -0.39 is 5.97 Å². The smallest absolute Gasteiger partial charge is 0.330 e. The summed E-state index contributed by atoms with van der Waals surface area (Å²) in [4.78, 5) is 21.7. The second-order valence-corrected chi connectivity index (χ2v) is 2.64. The Hall–Kier alpha value is -1.12. The first-order valence-corrected chi connectivity index (χ1v) is 3.96. The van der Waals surface area contributed by atoms with Crippen LogP contribution in [-0.2, 0) is 14.3 Å². The second kappa shape index (κ2) is 5.52. The largest absolute Gasteiger partial charge is 0.463 e. The van der Waals surface area contributed by atoms with Crippen LogP contribution in [0, 0.1) is 5.92 Å². The Morgan fingerprint density at radius 1 is 1.33 bits per heavy atom. The van der Waals surface area contributed by atoms with Crippen LogP contribution >= 0.6 is 0 Å². The molecular formula is C9H14O3. The average Bonchev–Trinajstić information content (AvgIpc) is 2.00. The second-order valence-electron chi connectivity index (χ2n) is 2.64. The zero-order valence-electron chi connectivity index (χ0n) is 7.66. The number of ketones is 1. The highest BCUT2D eigenvalue weighted by atomic mass is 16.5. The first-order chi connectivity index (χ1) is 5.57. The van der Waals surface area contributed by atoms with Gasteiger partial charge in [-0.3, -0.25) is 4.79 Å². The van der Waals surface area contributed by atoms with Crippen LogP contribution < -0.4 is 0 Å². The fraction of sp³-hybridized carbons (Fsp3) is 0.556. The molecule has 0 radical (unpaired) electrons. The normalized spacial score (nSPS) is 10.7. The van der Waals surface area contributed by atoms with Gasteiger partial charge in [0.2, 0.25) is 0 Å². The van der Waals surface area contributed by atoms with Gasteiger partial charge in [-0.05, 0) is 13.0 Å². The number of hydrogen-bond donors (Lipinski definition) is 0. The Balaban J connectivity index is 3.90. The fourth-order valence-electron chi connectivity index (χ4n) is 0.533. The molecule has 0 spiro atoms. The Labute approximate surface area is 72.4 Å². The minimum atomic E-state index is -0.466. The lowest BCUT2D eigenvalue weighted by Crippen LogP contribution is -2.05. The molecule has 0 bridgehead atoms. The molecule has 0 aromatic heterocycles. The van der Waals surface area contributed by atoms with Crippen LogP contribution in [0.3, 0.4) is 0 Å². The van der Waals surface area contributed by atoms with Gasteiger partial charge < -0.3 is 4.74 Å². The van der Waals surface area contributed by atoms with Crippen LogP contribution in [0.2, 0.25) is 0 Å². The SMILES string of the molecule is CCOC(=O)/C=C\C(=O)C(C)C. The summed E-state index contributed by atoms with van der Waals surface area (Å²) < 4.78 is 4.59. The Kier molecular flexibility index (Phi) is 5.00. The number of hydrogen-bond acceptors (Lipinski definition) is 3. The molecule has 0 aromatic rings. The summed E-state index contributed by atoms with van der Waals surface area (Å²) in [6.07, 6.45) is 2.41. The molecule has 0 N–H and O–H groups in total. The molecule has 0 amide bonds. The number of allylic oxidation sites excluding steroid dienone is 1. The van der Waals surface area contributed by atoms with E-state index in [4.69, 9.17) is 0 Å². The van der Waals surface area contributed by atoms with Crippen molar-refractivity contribution in [1.82, 2.24) is 0 Å². The van der Waals surface area contributed by atoms with Gasteiger partial charge in [0.15, 0.2) is 5.78 Å². The lowest BCUT2D eigenvalue weighted by Gasteiger charge is -1.96. The van der Waals surface area contributed by atoms with E-state index in [0.717, 1.165) is 6.08 Å². The van der Waals surface area contributed by atoms with Crippen LogP contribution in [0.5, 0.6) is 0 Å². The fourth-order valence-corrected chi connectivity index (χ4v) is 0.533. The van der Waals surface area contributed by atoms with Crippen molar-refractivity contribution in [3.63, 3.8) is 0 Å². The predicted octanol–water partition coefficient (Wildman–Crippen LogP) is 1.33. The van der Waals surface area contributed by atoms with Crippen LogP contribution in [0.25, 0.3) is 0 Å². The van der Waals surface area contributed by atoms with Gasteiger partial charge in [0, 0.05) is 12.0 Å². The minimum absolute atomic E-state index is 0.0666. The van der Waals surface area contributed by atoms with E-state index in [1.807, 2.05) is 0 Å². The molecule has 0 aliphatic rings. The quantitative estimate of drug-likeness (QED) is 0.472. The lowest BCUT2D eigenvalue weighted by molar-refractivity contribution is -0.137. The van der Waals surface area contributed by atoms with Crippen molar-refractivity contribution in [2.24, 2.45) is 5.92 Å². The first-order valence-electron chi connectivity index (χ1n) is 3.96. The van der Waals surface area contributed by atoms with E-state index in [1.54, 1.807) is 20.8 Å². The summed E-state index contributed by atoms with van der Waals surface area (Å²) in [5.41, 5.74) is 0. The van der Waals surface area contributed by atoms with Gasteiger partial charge in [0.05, 0.1) is 6.61 Å². The summed E-state index contributed by atoms with van der Waals surface area (Å²) in [5, 5.41) is 0. The van der Waals surface area contributed by atoms with E-state index in [2.05, 4.69) is 4.74 Å². The number of esters is 1. The average molecular weight is 170 g/mol. The topological polar surface area (TPSA) is 43.4 Å². The van der Waals surface area contributed by atoms with Gasteiger partial charge in [-0.2, -0.15) is 0 Å². The Bertz CT molecular complexity index is 192. The molecule has 0 rings (SSSR count). The van der Waals surface area contributed by atoms with E-state index >= 15 is 0 Å². The molecule has 3 heteroatoms. The van der Waals surface area contributed by atoms with Crippen molar-refractivity contribution in [1.29, 1.82) is 0 Å². The number of ether oxygens (including phenoxy) is 1. The number of carbonyl (C=O) groups excluding carboxylic acids is 2. The zero-order chi connectivity index (χ0) is 9.56. The predicted molar refractivity (Wildman–Crippen MR) is 45.6 cm³/mol. The van der Waals surface area contributed by atoms with Crippen LogP contribution in [0.15, 0.2) is 12.2 Å². The van der Waals surface area contributed by atoms with Crippen LogP contribution in [0.1, 0.15) is 20.8 Å². The number of rotatable bonds is 4. The third-order valence-electron chi connectivity index (χ3n) is 1.24. The van der Waals surface area contributed by atoms with E-state index in [9.17, 15) is 9.59 Å². The van der Waals surface area contributed by atoms with E-state index in [-0.39, 0.29) is 11.7 Å². The Morgan fingerprint density at radius 2 is 1.92 bits per heavy atom. The molecular weight excluding hydrogens is 156 g/mol. The van der Waals surface area contributed by atoms with E-state index in [1.165, 1.54) is 6.08 Å². The van der Waals surface area contributed by atoms with Crippen molar-refractivity contribution >= 4 is 11.8 Å². The maximum atomic E-state index is 11.0. The highest BCUT2D eigenvalue weighted by molar-refractivity contribution is 5.96. The van der Waals surface area contributed by atoms with Gasteiger partial charge in [0.25, 0.3) is 0 Å². The van der Waals surface area contributed by atoms with Gasteiger partial charge in [-0.25, -0.2) is 4.79 Å². The molecule has 0 fully saturated rings. The molecule has 0 aromatic carbocycles. The highest BCUT2D eigenvalue weighted by Gasteiger charge is 2.02. The summed E-state index contributed by atoms with van der Waals surface area (Å²) in [6, 6.07) is 0. The van der Waals surface area contributed by atoms with Crippen molar-refractivity contribution < 1.29 is 14.3 Å². The third kappa shape index (κ3) is 4.66. The van der Waals surface area contributed by atoms with Crippen molar-refractivity contribution in [2.75, 3.05) is 6.61 Å². The first kappa shape index (κ1) is 10.9. The zero-order valence-corrected chi connectivity index (χ0v) is 7.66. The summed E-state index contributed by atoms with van der Waals surface area (Å²) in [6.45, 7) is 5.60. The number of carbonyl (C=O) groups is 2. The van der Waals surface area contributed by atoms with Gasteiger partial charge >= 0.3 is 5.97 Å². The molecule has 0 atom stereocenters. The molecule has 12 heavy (non-hydrogen) atoms. The maximum absolute atomic E-state index is 11.0. The minimum Gasteiger partial charge on any atom is -0.463 e. The van der Waals surface area contributed by atoms with Gasteiger partial charge in [0.1, 0.15) is 0 Å². The molecule has 0 saturated heterocycles. The highest BCUT2D eigenvalue weighted by Crippen LogP contribution is 1.95. The summed E-state index contributed by atoms with van der Waals surface area (Å²) in [5.74, 6) is -0.606. The molecule has 3 nitrogen and oxygen atoms in total.